The normalized spacial score (nSPS) is 21.4. The lowest BCUT2D eigenvalue weighted by Crippen LogP contribution is -2.53. The standard InChI is InChI=1S/C19H22N6O2/c26-18(15-5-1-2-6-21-15)22-13-9-14(10-13)23-19(27)16-11-20-12-17(24-16)25-7-3-4-8-25/h1-2,5-6,11-14H,3-4,7-10H2,(H,22,26)(H,23,27). The average Bonchev–Trinajstić information content (AvgIpc) is 3.21. The maximum absolute atomic E-state index is 12.4. The van der Waals surface area contributed by atoms with E-state index in [2.05, 4.69) is 30.5 Å². The van der Waals surface area contributed by atoms with Crippen molar-refractivity contribution in [2.45, 2.75) is 37.8 Å². The fourth-order valence-corrected chi connectivity index (χ4v) is 3.43. The van der Waals surface area contributed by atoms with Gasteiger partial charge in [-0.3, -0.25) is 19.6 Å². The van der Waals surface area contributed by atoms with Gasteiger partial charge in [-0.05, 0) is 37.8 Å². The van der Waals surface area contributed by atoms with E-state index in [-0.39, 0.29) is 23.9 Å². The second-order valence-electron chi connectivity index (χ2n) is 6.98. The Morgan fingerprint density at radius 3 is 2.33 bits per heavy atom. The first kappa shape index (κ1) is 17.4. The van der Waals surface area contributed by atoms with Crippen LogP contribution in [0.4, 0.5) is 5.82 Å². The number of hydrogen-bond acceptors (Lipinski definition) is 6. The summed E-state index contributed by atoms with van der Waals surface area (Å²) in [5.41, 5.74) is 0.736. The molecule has 0 radical (unpaired) electrons. The summed E-state index contributed by atoms with van der Waals surface area (Å²) < 4.78 is 0. The molecule has 27 heavy (non-hydrogen) atoms. The Balaban J connectivity index is 1.27. The molecule has 2 aromatic heterocycles. The molecule has 2 aliphatic rings. The van der Waals surface area contributed by atoms with Gasteiger partial charge in [-0.15, -0.1) is 0 Å². The minimum Gasteiger partial charge on any atom is -0.355 e. The minimum absolute atomic E-state index is 0.0313. The van der Waals surface area contributed by atoms with Crippen molar-refractivity contribution in [3.63, 3.8) is 0 Å². The van der Waals surface area contributed by atoms with E-state index < -0.39 is 0 Å². The molecule has 0 spiro atoms. The molecule has 1 aliphatic heterocycles. The molecule has 4 rings (SSSR count). The van der Waals surface area contributed by atoms with Crippen LogP contribution in [0.15, 0.2) is 36.8 Å². The van der Waals surface area contributed by atoms with Crippen LogP contribution in [0.1, 0.15) is 46.7 Å². The predicted molar refractivity (Wildman–Crippen MR) is 99.5 cm³/mol. The molecular weight excluding hydrogens is 344 g/mol. The number of rotatable bonds is 5. The number of nitrogens with zero attached hydrogens (tertiary/aromatic N) is 4. The van der Waals surface area contributed by atoms with E-state index in [1.165, 1.54) is 6.20 Å². The highest BCUT2D eigenvalue weighted by Crippen LogP contribution is 2.21. The minimum atomic E-state index is -0.219. The molecule has 2 aromatic rings. The van der Waals surface area contributed by atoms with Gasteiger partial charge in [0.25, 0.3) is 11.8 Å². The highest BCUT2D eigenvalue weighted by Gasteiger charge is 2.32. The van der Waals surface area contributed by atoms with Crippen molar-refractivity contribution in [3.05, 3.63) is 48.2 Å². The van der Waals surface area contributed by atoms with Crippen LogP contribution in [0.25, 0.3) is 0 Å². The van der Waals surface area contributed by atoms with Gasteiger partial charge in [-0.1, -0.05) is 6.07 Å². The molecule has 8 nitrogen and oxygen atoms in total. The second kappa shape index (κ2) is 7.69. The zero-order chi connectivity index (χ0) is 18.6. The zero-order valence-corrected chi connectivity index (χ0v) is 15.0. The van der Waals surface area contributed by atoms with Crippen LogP contribution >= 0.6 is 0 Å². The smallest absolute Gasteiger partial charge is 0.271 e. The monoisotopic (exact) mass is 366 g/mol. The number of carbonyl (C=O) groups is 2. The summed E-state index contributed by atoms with van der Waals surface area (Å²) in [4.78, 5) is 39.3. The molecule has 1 saturated heterocycles. The molecule has 3 heterocycles. The largest absolute Gasteiger partial charge is 0.355 e. The first-order valence-corrected chi connectivity index (χ1v) is 9.29. The van der Waals surface area contributed by atoms with Gasteiger partial charge in [-0.25, -0.2) is 4.98 Å². The summed E-state index contributed by atoms with van der Waals surface area (Å²) in [5.74, 6) is 0.354. The Hall–Kier alpha value is -3.03. The van der Waals surface area contributed by atoms with Crippen molar-refractivity contribution < 1.29 is 9.59 Å². The molecule has 0 bridgehead atoms. The maximum Gasteiger partial charge on any atom is 0.271 e. The van der Waals surface area contributed by atoms with Crippen LogP contribution in [-0.2, 0) is 0 Å². The van der Waals surface area contributed by atoms with Gasteiger partial charge >= 0.3 is 0 Å². The van der Waals surface area contributed by atoms with Crippen LogP contribution in [0.3, 0.4) is 0 Å². The zero-order valence-electron chi connectivity index (χ0n) is 15.0. The maximum atomic E-state index is 12.4. The summed E-state index contributed by atoms with van der Waals surface area (Å²) in [6, 6.07) is 5.31. The van der Waals surface area contributed by atoms with Crippen molar-refractivity contribution in [2.75, 3.05) is 18.0 Å². The second-order valence-corrected chi connectivity index (χ2v) is 6.98. The van der Waals surface area contributed by atoms with Gasteiger partial charge in [0.15, 0.2) is 0 Å². The first-order chi connectivity index (χ1) is 13.2. The van der Waals surface area contributed by atoms with Crippen LogP contribution in [0.5, 0.6) is 0 Å². The van der Waals surface area contributed by atoms with Crippen molar-refractivity contribution in [2.24, 2.45) is 0 Å². The van der Waals surface area contributed by atoms with Crippen molar-refractivity contribution in [3.8, 4) is 0 Å². The number of hydrogen-bond donors (Lipinski definition) is 2. The molecular formula is C19H22N6O2. The third-order valence-electron chi connectivity index (χ3n) is 4.99. The number of anilines is 1. The molecule has 0 unspecified atom stereocenters. The third kappa shape index (κ3) is 4.05. The van der Waals surface area contributed by atoms with Gasteiger partial charge < -0.3 is 15.5 Å². The SMILES string of the molecule is O=C(NC1CC(NC(=O)c2cncc(N3CCCC3)n2)C1)c1ccccn1. The van der Waals surface area contributed by atoms with Crippen LogP contribution in [0, 0.1) is 0 Å². The van der Waals surface area contributed by atoms with Gasteiger partial charge in [0.05, 0.1) is 12.4 Å². The van der Waals surface area contributed by atoms with Crippen molar-refractivity contribution in [1.82, 2.24) is 25.6 Å². The fraction of sp³-hybridized carbons (Fsp3) is 0.421. The Kier molecular flexibility index (Phi) is 4.95. The first-order valence-electron chi connectivity index (χ1n) is 9.29. The average molecular weight is 366 g/mol. The molecule has 8 heteroatoms. The third-order valence-corrected chi connectivity index (χ3v) is 4.99. The lowest BCUT2D eigenvalue weighted by atomic mass is 9.86. The summed E-state index contributed by atoms with van der Waals surface area (Å²) in [7, 11) is 0. The van der Waals surface area contributed by atoms with Gasteiger partial charge in [0.1, 0.15) is 17.2 Å². The van der Waals surface area contributed by atoms with Crippen molar-refractivity contribution >= 4 is 17.6 Å². The molecule has 0 atom stereocenters. The van der Waals surface area contributed by atoms with E-state index in [0.29, 0.717) is 24.2 Å². The Morgan fingerprint density at radius 2 is 1.67 bits per heavy atom. The Morgan fingerprint density at radius 1 is 0.963 bits per heavy atom. The topological polar surface area (TPSA) is 100 Å². The lowest BCUT2D eigenvalue weighted by Gasteiger charge is -2.36. The summed E-state index contributed by atoms with van der Waals surface area (Å²) in [5, 5.41) is 5.90. The summed E-state index contributed by atoms with van der Waals surface area (Å²) in [6.45, 7) is 1.92. The molecule has 2 fully saturated rings. The Bertz CT molecular complexity index is 816. The number of carbonyl (C=O) groups excluding carboxylic acids is 2. The summed E-state index contributed by atoms with van der Waals surface area (Å²) in [6.07, 6.45) is 8.48. The number of pyridine rings is 1. The van der Waals surface area contributed by atoms with Crippen LogP contribution in [0.2, 0.25) is 0 Å². The number of aromatic nitrogens is 3. The molecule has 0 aromatic carbocycles. The molecule has 140 valence electrons. The van der Waals surface area contributed by atoms with E-state index in [9.17, 15) is 9.59 Å². The van der Waals surface area contributed by atoms with Crippen LogP contribution in [-0.4, -0.2) is 51.9 Å². The predicted octanol–water partition coefficient (Wildman–Crippen LogP) is 1.16. The van der Waals surface area contributed by atoms with Crippen LogP contribution < -0.4 is 15.5 Å². The van der Waals surface area contributed by atoms with E-state index >= 15 is 0 Å². The van der Waals surface area contributed by atoms with Crippen molar-refractivity contribution in [1.29, 1.82) is 0 Å². The quantitative estimate of drug-likeness (QED) is 0.824. The highest BCUT2D eigenvalue weighted by atomic mass is 16.2. The number of nitrogens with one attached hydrogen (secondary N) is 2. The number of amides is 2. The van der Waals surface area contributed by atoms with Gasteiger partial charge in [0.2, 0.25) is 0 Å². The lowest BCUT2D eigenvalue weighted by molar-refractivity contribution is 0.0857. The van der Waals surface area contributed by atoms with E-state index in [4.69, 9.17) is 0 Å². The summed E-state index contributed by atoms with van der Waals surface area (Å²) >= 11 is 0. The highest BCUT2D eigenvalue weighted by molar-refractivity contribution is 5.93. The molecule has 2 N–H and O–H groups in total. The van der Waals surface area contributed by atoms with E-state index in [1.807, 2.05) is 0 Å². The van der Waals surface area contributed by atoms with Gasteiger partial charge in [-0.2, -0.15) is 0 Å². The Labute approximate surface area is 157 Å². The fourth-order valence-electron chi connectivity index (χ4n) is 3.43. The van der Waals surface area contributed by atoms with E-state index in [1.54, 1.807) is 30.6 Å². The molecule has 1 aliphatic carbocycles. The molecule has 1 saturated carbocycles. The van der Waals surface area contributed by atoms with Gasteiger partial charge in [0, 0.05) is 31.4 Å². The molecule has 2 amide bonds. The van der Waals surface area contributed by atoms with E-state index in [0.717, 1.165) is 31.7 Å².